The minimum atomic E-state index is -1.42. The molecule has 0 unspecified atom stereocenters. The van der Waals surface area contributed by atoms with E-state index in [4.69, 9.17) is 0 Å². The van der Waals surface area contributed by atoms with Crippen LogP contribution in [0.15, 0.2) is 5.38 Å². The van der Waals surface area contributed by atoms with Gasteiger partial charge >= 0.3 is 0 Å². The van der Waals surface area contributed by atoms with Gasteiger partial charge in [0.2, 0.25) is 11.8 Å². The molecule has 9 heteroatoms. The largest absolute Gasteiger partial charge is 0.317 e. The molecule has 1 saturated heterocycles. The van der Waals surface area contributed by atoms with Crippen LogP contribution in [0, 0.1) is 0 Å². The monoisotopic (exact) mass is 335 g/mol. The van der Waals surface area contributed by atoms with Crippen LogP contribution in [0.1, 0.15) is 47.4 Å². The highest BCUT2D eigenvalue weighted by Crippen LogP contribution is 2.40. The number of hydrogen-bond acceptors (Lipinski definition) is 6. The Labute approximate surface area is 134 Å². The van der Waals surface area contributed by atoms with E-state index in [-0.39, 0.29) is 34.9 Å². The van der Waals surface area contributed by atoms with Crippen LogP contribution in [0.25, 0.3) is 0 Å². The molecular weight excluding hydrogens is 322 g/mol. The molecule has 0 aromatic carbocycles. The Morgan fingerprint density at radius 1 is 1.30 bits per heavy atom. The first-order valence-corrected chi connectivity index (χ1v) is 7.76. The van der Waals surface area contributed by atoms with Crippen LogP contribution < -0.4 is 10.6 Å². The first-order valence-electron chi connectivity index (χ1n) is 6.88. The van der Waals surface area contributed by atoms with Gasteiger partial charge in [0.1, 0.15) is 10.5 Å². The third kappa shape index (κ3) is 2.15. The van der Waals surface area contributed by atoms with Gasteiger partial charge in [-0.15, -0.1) is 11.3 Å². The second-order valence-electron chi connectivity index (χ2n) is 5.63. The van der Waals surface area contributed by atoms with Crippen molar-refractivity contribution >= 4 is 45.9 Å². The lowest BCUT2D eigenvalue weighted by Crippen LogP contribution is -2.62. The van der Waals surface area contributed by atoms with Crippen LogP contribution >= 0.6 is 11.3 Å². The lowest BCUT2D eigenvalue weighted by Gasteiger charge is -2.38. The quantitative estimate of drug-likeness (QED) is 0.764. The molecule has 0 radical (unpaired) electrons. The van der Waals surface area contributed by atoms with Gasteiger partial charge in [-0.25, -0.2) is 0 Å². The number of thiophene rings is 1. The van der Waals surface area contributed by atoms with Crippen LogP contribution in [0.3, 0.4) is 0 Å². The van der Waals surface area contributed by atoms with E-state index in [0.29, 0.717) is 0 Å². The van der Waals surface area contributed by atoms with E-state index in [1.165, 1.54) is 19.2 Å². The zero-order chi connectivity index (χ0) is 16.9. The number of rotatable bonds is 2. The summed E-state index contributed by atoms with van der Waals surface area (Å²) in [4.78, 5) is 60.9. The maximum absolute atomic E-state index is 12.7. The topological polar surface area (TPSA) is 113 Å². The van der Waals surface area contributed by atoms with E-state index < -0.39 is 29.2 Å². The Kier molecular flexibility index (Phi) is 3.33. The van der Waals surface area contributed by atoms with Gasteiger partial charge in [-0.2, -0.15) is 0 Å². The average Bonchev–Trinajstić information content (AvgIpc) is 2.96. The van der Waals surface area contributed by atoms with Crippen molar-refractivity contribution in [3.05, 3.63) is 16.5 Å². The number of carbonyl (C=O) groups excluding carboxylic acids is 5. The number of amides is 5. The van der Waals surface area contributed by atoms with E-state index in [9.17, 15) is 24.0 Å². The average molecular weight is 335 g/mol. The predicted molar refractivity (Wildman–Crippen MR) is 79.9 cm³/mol. The molecule has 1 aromatic heterocycles. The molecule has 0 aliphatic carbocycles. The van der Waals surface area contributed by atoms with Crippen LogP contribution in [0.5, 0.6) is 0 Å². The van der Waals surface area contributed by atoms with Gasteiger partial charge in [0.05, 0.1) is 11.1 Å². The van der Waals surface area contributed by atoms with Gasteiger partial charge in [0.25, 0.3) is 17.7 Å². The van der Waals surface area contributed by atoms with E-state index in [1.54, 1.807) is 0 Å². The number of imide groups is 2. The minimum Gasteiger partial charge on any atom is -0.317 e. The summed E-state index contributed by atoms with van der Waals surface area (Å²) in [7, 11) is 0. The SMILES string of the molecule is CC(=O)Nc1scc2c1C(=O)N([C@]1(C)CCC(=O)NC1=O)C2=O. The molecule has 3 rings (SSSR count). The molecule has 0 spiro atoms. The standard InChI is InChI=1S/C14H13N3O5S/c1-6(18)15-10-9-7(5-23-10)11(20)17(12(9)21)14(2)4-3-8(19)16-13(14)22/h5H,3-4H2,1-2H3,(H,15,18)(H,16,19,22)/t14-/m1/s1. The minimum absolute atomic E-state index is 0.0463. The van der Waals surface area contributed by atoms with Gasteiger partial charge in [-0.05, 0) is 13.3 Å². The summed E-state index contributed by atoms with van der Waals surface area (Å²) in [6.45, 7) is 2.75. The van der Waals surface area contributed by atoms with Crippen molar-refractivity contribution in [3.63, 3.8) is 0 Å². The molecule has 23 heavy (non-hydrogen) atoms. The van der Waals surface area contributed by atoms with Crippen LogP contribution in [0.2, 0.25) is 0 Å². The van der Waals surface area contributed by atoms with Gasteiger partial charge in [0.15, 0.2) is 0 Å². The fourth-order valence-electron chi connectivity index (χ4n) is 2.76. The van der Waals surface area contributed by atoms with Crippen molar-refractivity contribution < 1.29 is 24.0 Å². The fourth-order valence-corrected chi connectivity index (χ4v) is 3.73. The van der Waals surface area contributed by atoms with Crippen molar-refractivity contribution in [3.8, 4) is 0 Å². The lowest BCUT2D eigenvalue weighted by atomic mass is 9.89. The number of nitrogens with zero attached hydrogens (tertiary/aromatic N) is 1. The maximum atomic E-state index is 12.7. The lowest BCUT2D eigenvalue weighted by molar-refractivity contribution is -0.141. The second-order valence-corrected chi connectivity index (χ2v) is 6.51. The molecule has 2 aliphatic rings. The number of nitrogens with one attached hydrogen (secondary N) is 2. The molecule has 5 amide bonds. The molecular formula is C14H13N3O5S. The second kappa shape index (κ2) is 4.98. The molecule has 0 bridgehead atoms. The summed E-state index contributed by atoms with van der Waals surface area (Å²) in [6.07, 6.45) is 0.114. The molecule has 120 valence electrons. The Hall–Kier alpha value is -2.55. The number of piperidine rings is 1. The molecule has 1 atom stereocenters. The Morgan fingerprint density at radius 2 is 2.00 bits per heavy atom. The molecule has 2 N–H and O–H groups in total. The predicted octanol–water partition coefficient (Wildman–Crippen LogP) is 0.498. The summed E-state index contributed by atoms with van der Waals surface area (Å²) in [5, 5.41) is 6.44. The zero-order valence-corrected chi connectivity index (χ0v) is 13.2. The van der Waals surface area contributed by atoms with Crippen LogP contribution in [-0.4, -0.2) is 40.0 Å². The summed E-state index contributed by atoms with van der Waals surface area (Å²) in [6, 6.07) is 0. The molecule has 1 aromatic rings. The van der Waals surface area contributed by atoms with Gasteiger partial charge in [0, 0.05) is 18.7 Å². The molecule has 2 aliphatic heterocycles. The first-order chi connectivity index (χ1) is 10.8. The number of anilines is 1. The van der Waals surface area contributed by atoms with Gasteiger partial charge in [-0.3, -0.25) is 34.2 Å². The highest BCUT2D eigenvalue weighted by Gasteiger charge is 2.53. The van der Waals surface area contributed by atoms with Crippen LogP contribution in [0.4, 0.5) is 5.00 Å². The third-order valence-electron chi connectivity index (χ3n) is 4.01. The maximum Gasteiger partial charge on any atom is 0.265 e. The van der Waals surface area contributed by atoms with E-state index in [1.807, 2.05) is 0 Å². The molecule has 1 fully saturated rings. The highest BCUT2D eigenvalue weighted by atomic mass is 32.1. The van der Waals surface area contributed by atoms with Crippen LogP contribution in [-0.2, 0) is 14.4 Å². The number of carbonyl (C=O) groups is 5. The normalized spacial score (nSPS) is 23.8. The summed E-state index contributed by atoms with van der Waals surface area (Å²) in [5.74, 6) is -2.70. The summed E-state index contributed by atoms with van der Waals surface area (Å²) < 4.78 is 0. The van der Waals surface area contributed by atoms with E-state index in [2.05, 4.69) is 10.6 Å². The van der Waals surface area contributed by atoms with Crippen molar-refractivity contribution in [2.45, 2.75) is 32.2 Å². The third-order valence-corrected chi connectivity index (χ3v) is 4.90. The van der Waals surface area contributed by atoms with Gasteiger partial charge in [-0.1, -0.05) is 0 Å². The Balaban J connectivity index is 2.01. The van der Waals surface area contributed by atoms with Crippen molar-refractivity contribution in [1.29, 1.82) is 0 Å². The smallest absolute Gasteiger partial charge is 0.265 e. The highest BCUT2D eigenvalue weighted by molar-refractivity contribution is 7.15. The molecule has 8 nitrogen and oxygen atoms in total. The van der Waals surface area contributed by atoms with Gasteiger partial charge < -0.3 is 5.32 Å². The van der Waals surface area contributed by atoms with E-state index >= 15 is 0 Å². The summed E-state index contributed by atoms with van der Waals surface area (Å²) >= 11 is 1.08. The zero-order valence-electron chi connectivity index (χ0n) is 12.4. The number of hydrogen-bond donors (Lipinski definition) is 2. The Bertz CT molecular complexity index is 783. The summed E-state index contributed by atoms with van der Waals surface area (Å²) in [5.41, 5.74) is -1.16. The molecule has 0 saturated carbocycles. The fraction of sp³-hybridized carbons (Fsp3) is 0.357. The van der Waals surface area contributed by atoms with Crippen molar-refractivity contribution in [2.75, 3.05) is 5.32 Å². The van der Waals surface area contributed by atoms with E-state index in [0.717, 1.165) is 16.2 Å². The number of fused-ring (bicyclic) bond motifs is 1. The molecule has 3 heterocycles. The van der Waals surface area contributed by atoms with Crippen molar-refractivity contribution in [2.24, 2.45) is 0 Å². The van der Waals surface area contributed by atoms with Crippen molar-refractivity contribution in [1.82, 2.24) is 10.2 Å². The first kappa shape index (κ1) is 15.3. The Morgan fingerprint density at radius 3 is 2.61 bits per heavy atom.